The fraction of sp³-hybridized carbons (Fsp3) is 0.500. The molecule has 0 aliphatic carbocycles. The lowest BCUT2D eigenvalue weighted by Crippen LogP contribution is -2.37. The van der Waals surface area contributed by atoms with Crippen LogP contribution in [0.25, 0.3) is 0 Å². The van der Waals surface area contributed by atoms with Crippen molar-refractivity contribution in [1.82, 2.24) is 0 Å². The molecule has 0 saturated carbocycles. The Kier molecular flexibility index (Phi) is 4.73. The molecule has 0 unspecified atom stereocenters. The highest BCUT2D eigenvalue weighted by atomic mass is 35.5. The first kappa shape index (κ1) is 15.1. The van der Waals surface area contributed by atoms with Crippen molar-refractivity contribution in [2.75, 3.05) is 0 Å². The van der Waals surface area contributed by atoms with Gasteiger partial charge < -0.3 is 10.8 Å². The van der Waals surface area contributed by atoms with E-state index in [1.807, 2.05) is 20.8 Å². The standard InChI is InChI=1S/C12H16Cl3NO/c1-12(2,3)11(17)10(16)8-6(13)4-5-7(14)9(8)15/h4-5,10-11,17H,16H2,1-3H3/t10-,11-/m1/s1. The Labute approximate surface area is 117 Å². The lowest BCUT2D eigenvalue weighted by molar-refractivity contribution is 0.0401. The molecule has 0 bridgehead atoms. The number of hydrogen-bond donors (Lipinski definition) is 2. The van der Waals surface area contributed by atoms with Crippen LogP contribution in [-0.2, 0) is 0 Å². The zero-order valence-corrected chi connectivity index (χ0v) is 12.2. The van der Waals surface area contributed by atoms with E-state index in [4.69, 9.17) is 40.5 Å². The molecule has 2 atom stereocenters. The predicted molar refractivity (Wildman–Crippen MR) is 73.9 cm³/mol. The van der Waals surface area contributed by atoms with E-state index in [-0.39, 0.29) is 5.41 Å². The van der Waals surface area contributed by atoms with E-state index >= 15 is 0 Å². The van der Waals surface area contributed by atoms with Gasteiger partial charge >= 0.3 is 0 Å². The highest BCUT2D eigenvalue weighted by Crippen LogP contribution is 2.38. The summed E-state index contributed by atoms with van der Waals surface area (Å²) < 4.78 is 0. The van der Waals surface area contributed by atoms with Gasteiger partial charge in [0.1, 0.15) is 0 Å². The molecule has 0 aliphatic heterocycles. The Hall–Kier alpha value is 0.01000. The van der Waals surface area contributed by atoms with Crippen molar-refractivity contribution in [3.63, 3.8) is 0 Å². The van der Waals surface area contributed by atoms with Crippen LogP contribution in [0.1, 0.15) is 32.4 Å². The topological polar surface area (TPSA) is 46.2 Å². The number of hydrogen-bond acceptors (Lipinski definition) is 2. The quantitative estimate of drug-likeness (QED) is 0.809. The lowest BCUT2D eigenvalue weighted by atomic mass is 9.82. The Morgan fingerprint density at radius 1 is 1.12 bits per heavy atom. The third-order valence-electron chi connectivity index (χ3n) is 2.64. The summed E-state index contributed by atoms with van der Waals surface area (Å²) in [5.74, 6) is 0. The fourth-order valence-electron chi connectivity index (χ4n) is 1.54. The molecule has 0 saturated heterocycles. The van der Waals surface area contributed by atoms with Crippen LogP contribution < -0.4 is 5.73 Å². The van der Waals surface area contributed by atoms with Gasteiger partial charge in [0.15, 0.2) is 0 Å². The van der Waals surface area contributed by atoms with Gasteiger partial charge in [0.2, 0.25) is 0 Å². The van der Waals surface area contributed by atoms with Crippen molar-refractivity contribution in [2.45, 2.75) is 32.9 Å². The average molecular weight is 297 g/mol. The molecule has 1 aromatic rings. The Balaban J connectivity index is 3.21. The molecule has 3 N–H and O–H groups in total. The Morgan fingerprint density at radius 2 is 1.59 bits per heavy atom. The van der Waals surface area contributed by atoms with Gasteiger partial charge in [-0.3, -0.25) is 0 Å². The van der Waals surface area contributed by atoms with E-state index in [0.717, 1.165) is 0 Å². The second-order valence-corrected chi connectivity index (χ2v) is 6.29. The molecule has 0 fully saturated rings. The molecule has 2 nitrogen and oxygen atoms in total. The summed E-state index contributed by atoms with van der Waals surface area (Å²) in [6, 6.07) is 2.56. The Bertz CT molecular complexity index is 415. The van der Waals surface area contributed by atoms with Gasteiger partial charge in [0.25, 0.3) is 0 Å². The summed E-state index contributed by atoms with van der Waals surface area (Å²) in [5.41, 5.74) is 6.14. The van der Waals surface area contributed by atoms with Crippen LogP contribution in [0, 0.1) is 5.41 Å². The smallest absolute Gasteiger partial charge is 0.0782 e. The highest BCUT2D eigenvalue weighted by Gasteiger charge is 2.31. The van der Waals surface area contributed by atoms with E-state index in [1.54, 1.807) is 12.1 Å². The van der Waals surface area contributed by atoms with Gasteiger partial charge in [0.05, 0.1) is 22.2 Å². The summed E-state index contributed by atoms with van der Waals surface area (Å²) in [5, 5.41) is 11.3. The van der Waals surface area contributed by atoms with Crippen molar-refractivity contribution in [1.29, 1.82) is 0 Å². The molecular formula is C12H16Cl3NO. The summed E-state index contributed by atoms with van der Waals surface area (Å²) >= 11 is 18.1. The lowest BCUT2D eigenvalue weighted by Gasteiger charge is -2.31. The van der Waals surface area contributed by atoms with Crippen LogP contribution in [0.3, 0.4) is 0 Å². The predicted octanol–water partition coefficient (Wildman–Crippen LogP) is 4.05. The van der Waals surface area contributed by atoms with Crippen LogP contribution in [0.2, 0.25) is 15.1 Å². The van der Waals surface area contributed by atoms with Gasteiger partial charge in [-0.15, -0.1) is 0 Å². The van der Waals surface area contributed by atoms with E-state index in [9.17, 15) is 5.11 Å². The number of aliphatic hydroxyl groups excluding tert-OH is 1. The summed E-state index contributed by atoms with van der Waals surface area (Å²) in [7, 11) is 0. The first-order chi connectivity index (χ1) is 7.66. The van der Waals surface area contributed by atoms with Crippen molar-refractivity contribution >= 4 is 34.8 Å². The summed E-state index contributed by atoms with van der Waals surface area (Å²) in [6.07, 6.45) is -0.768. The maximum absolute atomic E-state index is 10.2. The maximum Gasteiger partial charge on any atom is 0.0782 e. The molecule has 0 heterocycles. The van der Waals surface area contributed by atoms with E-state index in [2.05, 4.69) is 0 Å². The zero-order chi connectivity index (χ0) is 13.4. The van der Waals surface area contributed by atoms with Crippen molar-refractivity contribution in [2.24, 2.45) is 11.1 Å². The van der Waals surface area contributed by atoms with Crippen LogP contribution in [0.5, 0.6) is 0 Å². The minimum absolute atomic E-state index is 0.301. The number of benzene rings is 1. The average Bonchev–Trinajstić information content (AvgIpc) is 2.21. The van der Waals surface area contributed by atoms with Crippen molar-refractivity contribution in [3.05, 3.63) is 32.8 Å². The van der Waals surface area contributed by atoms with Gasteiger partial charge in [-0.25, -0.2) is 0 Å². The molecule has 0 amide bonds. The number of aliphatic hydroxyl groups is 1. The second kappa shape index (κ2) is 5.33. The van der Waals surface area contributed by atoms with Crippen LogP contribution in [-0.4, -0.2) is 11.2 Å². The SMILES string of the molecule is CC(C)(C)[C@H](O)[C@H](N)c1c(Cl)ccc(Cl)c1Cl. The molecular weight excluding hydrogens is 280 g/mol. The molecule has 0 radical (unpaired) electrons. The third-order valence-corrected chi connectivity index (χ3v) is 3.79. The number of nitrogens with two attached hydrogens (primary N) is 1. The number of rotatable bonds is 2. The molecule has 0 spiro atoms. The first-order valence-corrected chi connectivity index (χ1v) is 6.36. The van der Waals surface area contributed by atoms with E-state index in [1.165, 1.54) is 0 Å². The Morgan fingerprint density at radius 3 is 2.06 bits per heavy atom. The van der Waals surface area contributed by atoms with Crippen LogP contribution in [0.15, 0.2) is 12.1 Å². The van der Waals surface area contributed by atoms with Gasteiger partial charge in [0, 0.05) is 10.6 Å². The molecule has 96 valence electrons. The molecule has 17 heavy (non-hydrogen) atoms. The van der Waals surface area contributed by atoms with Gasteiger partial charge in [-0.2, -0.15) is 0 Å². The first-order valence-electron chi connectivity index (χ1n) is 5.23. The molecule has 0 aromatic heterocycles. The monoisotopic (exact) mass is 295 g/mol. The zero-order valence-electron chi connectivity index (χ0n) is 9.97. The normalized spacial score (nSPS) is 15.8. The molecule has 0 aliphatic rings. The minimum Gasteiger partial charge on any atom is -0.391 e. The third kappa shape index (κ3) is 3.27. The van der Waals surface area contributed by atoms with E-state index in [0.29, 0.717) is 20.6 Å². The fourth-order valence-corrected chi connectivity index (χ4v) is 2.33. The van der Waals surface area contributed by atoms with Crippen molar-refractivity contribution < 1.29 is 5.11 Å². The van der Waals surface area contributed by atoms with Gasteiger partial charge in [-0.05, 0) is 17.5 Å². The largest absolute Gasteiger partial charge is 0.391 e. The van der Waals surface area contributed by atoms with Crippen molar-refractivity contribution in [3.8, 4) is 0 Å². The van der Waals surface area contributed by atoms with E-state index < -0.39 is 12.1 Å². The number of halogens is 3. The minimum atomic E-state index is -0.768. The summed E-state index contributed by atoms with van der Waals surface area (Å²) in [6.45, 7) is 5.68. The molecule has 5 heteroatoms. The second-order valence-electron chi connectivity index (χ2n) is 5.09. The van der Waals surface area contributed by atoms with Gasteiger partial charge in [-0.1, -0.05) is 55.6 Å². The van der Waals surface area contributed by atoms with Crippen LogP contribution >= 0.6 is 34.8 Å². The summed E-state index contributed by atoms with van der Waals surface area (Å²) in [4.78, 5) is 0. The van der Waals surface area contributed by atoms with Crippen LogP contribution in [0.4, 0.5) is 0 Å². The molecule has 1 aromatic carbocycles. The highest BCUT2D eigenvalue weighted by molar-refractivity contribution is 6.44. The molecule has 1 rings (SSSR count). The maximum atomic E-state index is 10.2.